The van der Waals surface area contributed by atoms with Crippen LogP contribution in [0.25, 0.3) is 0 Å². The maximum atomic E-state index is 6.30. The number of hydrogen-bond donors (Lipinski definition) is 0. The third-order valence-corrected chi connectivity index (χ3v) is 5.64. The molecule has 0 saturated carbocycles. The molecule has 122 valence electrons. The summed E-state index contributed by atoms with van der Waals surface area (Å²) in [5.41, 5.74) is 3.95. The van der Waals surface area contributed by atoms with Gasteiger partial charge in [-0.15, -0.1) is 0 Å². The Labute approximate surface area is 142 Å². The summed E-state index contributed by atoms with van der Waals surface area (Å²) in [6.07, 6.45) is 10.9. The average Bonchev–Trinajstić information content (AvgIpc) is 3.14. The number of aromatic nitrogens is 3. The van der Waals surface area contributed by atoms with Gasteiger partial charge in [-0.05, 0) is 56.7 Å². The predicted molar refractivity (Wildman–Crippen MR) is 91.5 cm³/mol. The van der Waals surface area contributed by atoms with E-state index >= 15 is 0 Å². The van der Waals surface area contributed by atoms with Crippen LogP contribution in [0.3, 0.4) is 0 Å². The summed E-state index contributed by atoms with van der Waals surface area (Å²) in [6.45, 7) is 1.99. The van der Waals surface area contributed by atoms with Gasteiger partial charge in [-0.3, -0.25) is 9.88 Å². The SMILES string of the molecule is Cn1c([C@H]2CCCN2Cc2ccncc2Cl)nc2c1CCCC2. The van der Waals surface area contributed by atoms with Crippen molar-refractivity contribution in [3.05, 3.63) is 46.3 Å². The normalized spacial score (nSPS) is 21.6. The standard InChI is InChI=1S/C18H23ClN4/c1-22-16-6-3-2-5-15(16)21-18(22)17-7-4-10-23(17)12-13-8-9-20-11-14(13)19/h8-9,11,17H,2-7,10,12H2,1H3/t17-/m1/s1. The zero-order chi connectivity index (χ0) is 15.8. The monoisotopic (exact) mass is 330 g/mol. The first kappa shape index (κ1) is 15.2. The first-order chi connectivity index (χ1) is 11.2. The molecule has 0 aromatic carbocycles. The fraction of sp³-hybridized carbons (Fsp3) is 0.556. The molecular weight excluding hydrogens is 308 g/mol. The minimum Gasteiger partial charge on any atom is -0.334 e. The molecule has 0 spiro atoms. The number of aryl methyl sites for hydroxylation is 1. The Balaban J connectivity index is 1.61. The lowest BCUT2D eigenvalue weighted by atomic mass is 10.0. The number of fused-ring (bicyclic) bond motifs is 1. The molecule has 0 amide bonds. The Hall–Kier alpha value is -1.39. The summed E-state index contributed by atoms with van der Waals surface area (Å²) in [5, 5.41) is 0.761. The Morgan fingerprint density at radius 2 is 2.13 bits per heavy atom. The fourth-order valence-electron chi connectivity index (χ4n) is 4.06. The highest BCUT2D eigenvalue weighted by atomic mass is 35.5. The van der Waals surface area contributed by atoms with Crippen molar-refractivity contribution in [3.8, 4) is 0 Å². The number of pyridine rings is 1. The van der Waals surface area contributed by atoms with Crippen molar-refractivity contribution >= 4 is 11.6 Å². The van der Waals surface area contributed by atoms with Gasteiger partial charge in [0.1, 0.15) is 5.82 Å². The molecule has 23 heavy (non-hydrogen) atoms. The molecule has 1 saturated heterocycles. The van der Waals surface area contributed by atoms with Crippen LogP contribution < -0.4 is 0 Å². The van der Waals surface area contributed by atoms with Gasteiger partial charge in [0.05, 0.1) is 16.8 Å². The molecule has 3 heterocycles. The second kappa shape index (κ2) is 6.25. The molecule has 0 radical (unpaired) electrons. The van der Waals surface area contributed by atoms with Crippen molar-refractivity contribution in [3.63, 3.8) is 0 Å². The number of likely N-dealkylation sites (tertiary alicyclic amines) is 1. The quantitative estimate of drug-likeness (QED) is 0.860. The van der Waals surface area contributed by atoms with Crippen molar-refractivity contribution in [2.75, 3.05) is 6.54 Å². The molecule has 0 unspecified atom stereocenters. The Kier molecular flexibility index (Phi) is 4.12. The molecule has 1 aliphatic heterocycles. The first-order valence-corrected chi connectivity index (χ1v) is 8.98. The summed E-state index contributed by atoms with van der Waals surface area (Å²) < 4.78 is 2.37. The minimum atomic E-state index is 0.412. The zero-order valence-electron chi connectivity index (χ0n) is 13.6. The van der Waals surface area contributed by atoms with Gasteiger partial charge in [0.15, 0.2) is 0 Å². The average molecular weight is 331 g/mol. The van der Waals surface area contributed by atoms with Crippen LogP contribution in [0.1, 0.15) is 54.5 Å². The summed E-state index contributed by atoms with van der Waals surface area (Å²) in [4.78, 5) is 11.6. The van der Waals surface area contributed by atoms with E-state index in [1.165, 1.54) is 49.3 Å². The molecule has 1 atom stereocenters. The fourth-order valence-corrected chi connectivity index (χ4v) is 4.24. The molecule has 2 aromatic heterocycles. The van der Waals surface area contributed by atoms with Crippen LogP contribution in [0.4, 0.5) is 0 Å². The van der Waals surface area contributed by atoms with E-state index in [9.17, 15) is 0 Å². The van der Waals surface area contributed by atoms with Gasteiger partial charge in [0.2, 0.25) is 0 Å². The molecule has 4 nitrogen and oxygen atoms in total. The molecule has 0 bridgehead atoms. The third kappa shape index (κ3) is 2.79. The van der Waals surface area contributed by atoms with E-state index in [0.29, 0.717) is 6.04 Å². The molecule has 1 fully saturated rings. The highest BCUT2D eigenvalue weighted by Crippen LogP contribution is 2.35. The summed E-state index contributed by atoms with van der Waals surface area (Å²) in [6, 6.07) is 2.44. The summed E-state index contributed by atoms with van der Waals surface area (Å²) >= 11 is 6.30. The minimum absolute atomic E-state index is 0.412. The highest BCUT2D eigenvalue weighted by molar-refractivity contribution is 6.31. The zero-order valence-corrected chi connectivity index (χ0v) is 14.4. The van der Waals surface area contributed by atoms with Crippen molar-refractivity contribution in [1.82, 2.24) is 19.4 Å². The molecular formula is C18H23ClN4. The van der Waals surface area contributed by atoms with Crippen LogP contribution in [0.5, 0.6) is 0 Å². The van der Waals surface area contributed by atoms with Crippen LogP contribution in [0, 0.1) is 0 Å². The largest absolute Gasteiger partial charge is 0.334 e. The van der Waals surface area contributed by atoms with E-state index < -0.39 is 0 Å². The van der Waals surface area contributed by atoms with Gasteiger partial charge in [0, 0.05) is 31.7 Å². The third-order valence-electron chi connectivity index (χ3n) is 5.30. The van der Waals surface area contributed by atoms with Gasteiger partial charge in [-0.1, -0.05) is 11.6 Å². The number of imidazole rings is 1. The predicted octanol–water partition coefficient (Wildman–Crippen LogP) is 3.68. The van der Waals surface area contributed by atoms with Gasteiger partial charge in [-0.2, -0.15) is 0 Å². The Morgan fingerprint density at radius 1 is 1.26 bits per heavy atom. The van der Waals surface area contributed by atoms with Crippen LogP contribution >= 0.6 is 11.6 Å². The Bertz CT molecular complexity index is 709. The van der Waals surface area contributed by atoms with Crippen LogP contribution in [0.2, 0.25) is 5.02 Å². The second-order valence-electron chi connectivity index (χ2n) is 6.73. The van der Waals surface area contributed by atoms with Gasteiger partial charge >= 0.3 is 0 Å². The summed E-state index contributed by atoms with van der Waals surface area (Å²) in [5.74, 6) is 1.25. The van der Waals surface area contributed by atoms with Crippen molar-refractivity contribution in [2.24, 2.45) is 7.05 Å². The molecule has 2 aliphatic rings. The van der Waals surface area contributed by atoms with Crippen molar-refractivity contribution in [1.29, 1.82) is 0 Å². The highest BCUT2D eigenvalue weighted by Gasteiger charge is 2.31. The van der Waals surface area contributed by atoms with Crippen LogP contribution in [0.15, 0.2) is 18.5 Å². The van der Waals surface area contributed by atoms with Crippen molar-refractivity contribution < 1.29 is 0 Å². The topological polar surface area (TPSA) is 34.0 Å². The van der Waals surface area contributed by atoms with Crippen molar-refractivity contribution in [2.45, 2.75) is 51.1 Å². The van der Waals surface area contributed by atoms with E-state index in [2.05, 4.69) is 21.5 Å². The van der Waals surface area contributed by atoms with Gasteiger partial charge in [0.25, 0.3) is 0 Å². The number of rotatable bonds is 3. The lowest BCUT2D eigenvalue weighted by Crippen LogP contribution is -2.25. The van der Waals surface area contributed by atoms with Crippen LogP contribution in [-0.4, -0.2) is 26.0 Å². The van der Waals surface area contributed by atoms with E-state index in [1.807, 2.05) is 12.3 Å². The molecule has 5 heteroatoms. The molecule has 4 rings (SSSR count). The number of halogens is 1. The maximum absolute atomic E-state index is 6.30. The van der Waals surface area contributed by atoms with E-state index in [4.69, 9.17) is 16.6 Å². The maximum Gasteiger partial charge on any atom is 0.126 e. The van der Waals surface area contributed by atoms with Gasteiger partial charge < -0.3 is 4.57 Å². The lowest BCUT2D eigenvalue weighted by molar-refractivity contribution is 0.236. The molecule has 1 aliphatic carbocycles. The van der Waals surface area contributed by atoms with E-state index in [0.717, 1.165) is 30.1 Å². The molecule has 0 N–H and O–H groups in total. The number of nitrogens with zero attached hydrogens (tertiary/aromatic N) is 4. The smallest absolute Gasteiger partial charge is 0.126 e. The molecule has 2 aromatic rings. The van der Waals surface area contributed by atoms with E-state index in [1.54, 1.807) is 6.20 Å². The Morgan fingerprint density at radius 3 is 2.96 bits per heavy atom. The van der Waals surface area contributed by atoms with Crippen LogP contribution in [-0.2, 0) is 26.4 Å². The second-order valence-corrected chi connectivity index (χ2v) is 7.13. The van der Waals surface area contributed by atoms with Gasteiger partial charge in [-0.25, -0.2) is 4.98 Å². The number of hydrogen-bond acceptors (Lipinski definition) is 3. The first-order valence-electron chi connectivity index (χ1n) is 8.61. The summed E-state index contributed by atoms with van der Waals surface area (Å²) in [7, 11) is 2.20. The van der Waals surface area contributed by atoms with E-state index in [-0.39, 0.29) is 0 Å². The lowest BCUT2D eigenvalue weighted by Gasteiger charge is -2.24.